The molecule has 1 aliphatic rings. The van der Waals surface area contributed by atoms with Crippen molar-refractivity contribution in [1.82, 2.24) is 5.32 Å². The van der Waals surface area contributed by atoms with Crippen LogP contribution < -0.4 is 24.3 Å². The molecule has 2 aromatic rings. The summed E-state index contributed by atoms with van der Waals surface area (Å²) in [5.41, 5.74) is 0.524. The maximum absolute atomic E-state index is 12.8. The van der Waals surface area contributed by atoms with Gasteiger partial charge in [-0.1, -0.05) is 6.07 Å². The van der Waals surface area contributed by atoms with Gasteiger partial charge in [0.1, 0.15) is 28.6 Å². The molecule has 0 spiro atoms. The summed E-state index contributed by atoms with van der Waals surface area (Å²) in [7, 11) is 3.21. The number of rotatable bonds is 6. The Morgan fingerprint density at radius 2 is 1.79 bits per heavy atom. The predicted octanol–water partition coefficient (Wildman–Crippen LogP) is 3.89. The fraction of sp³-hybridized carbons (Fsp3) is 0.409. The summed E-state index contributed by atoms with van der Waals surface area (Å²) in [4.78, 5) is 12.8. The van der Waals surface area contributed by atoms with Gasteiger partial charge in [0, 0.05) is 24.1 Å². The summed E-state index contributed by atoms with van der Waals surface area (Å²) in [6, 6.07) is 12.7. The molecule has 0 aromatic heterocycles. The molecule has 1 aliphatic heterocycles. The van der Waals surface area contributed by atoms with Gasteiger partial charge in [0.15, 0.2) is 6.10 Å². The third-order valence-electron chi connectivity index (χ3n) is 4.72. The summed E-state index contributed by atoms with van der Waals surface area (Å²) in [5.74, 6) is 2.52. The fourth-order valence-corrected chi connectivity index (χ4v) is 3.31. The lowest BCUT2D eigenvalue weighted by Crippen LogP contribution is -2.44. The van der Waals surface area contributed by atoms with E-state index in [1.165, 1.54) is 0 Å². The first-order valence-corrected chi connectivity index (χ1v) is 9.29. The topological polar surface area (TPSA) is 66.0 Å². The third-order valence-corrected chi connectivity index (χ3v) is 4.72. The van der Waals surface area contributed by atoms with Gasteiger partial charge in [0.05, 0.1) is 20.3 Å². The lowest BCUT2D eigenvalue weighted by atomic mass is 9.89. The molecule has 0 aliphatic carbocycles. The third kappa shape index (κ3) is 4.50. The zero-order valence-corrected chi connectivity index (χ0v) is 16.9. The molecule has 1 N–H and O–H groups in total. The minimum absolute atomic E-state index is 0.173. The molecular weight excluding hydrogens is 358 g/mol. The molecule has 0 saturated heterocycles. The van der Waals surface area contributed by atoms with Crippen molar-refractivity contribution >= 4 is 5.91 Å². The number of hydrogen-bond donors (Lipinski definition) is 1. The van der Waals surface area contributed by atoms with E-state index in [2.05, 4.69) is 5.32 Å². The van der Waals surface area contributed by atoms with Gasteiger partial charge in [-0.15, -0.1) is 0 Å². The van der Waals surface area contributed by atoms with E-state index in [4.69, 9.17) is 18.9 Å². The maximum atomic E-state index is 12.8. The van der Waals surface area contributed by atoms with Crippen molar-refractivity contribution in [2.24, 2.45) is 0 Å². The van der Waals surface area contributed by atoms with E-state index in [1.54, 1.807) is 33.3 Å². The quantitative estimate of drug-likeness (QED) is 0.817. The Bertz CT molecular complexity index is 849. The van der Waals surface area contributed by atoms with E-state index in [9.17, 15) is 4.79 Å². The fourth-order valence-electron chi connectivity index (χ4n) is 3.31. The monoisotopic (exact) mass is 385 g/mol. The van der Waals surface area contributed by atoms with Gasteiger partial charge in [-0.05, 0) is 45.0 Å². The molecule has 2 aromatic carbocycles. The van der Waals surface area contributed by atoms with Crippen molar-refractivity contribution in [2.75, 3.05) is 14.2 Å². The van der Waals surface area contributed by atoms with Crippen molar-refractivity contribution in [3.8, 4) is 23.0 Å². The average Bonchev–Trinajstić information content (AvgIpc) is 2.66. The predicted molar refractivity (Wildman–Crippen MR) is 106 cm³/mol. The van der Waals surface area contributed by atoms with Crippen molar-refractivity contribution in [2.45, 2.75) is 44.9 Å². The molecule has 6 nitrogen and oxygen atoms in total. The minimum atomic E-state index is -0.653. The van der Waals surface area contributed by atoms with Crippen LogP contribution in [0.4, 0.5) is 0 Å². The largest absolute Gasteiger partial charge is 0.497 e. The van der Waals surface area contributed by atoms with Gasteiger partial charge >= 0.3 is 0 Å². The molecule has 3 rings (SSSR count). The van der Waals surface area contributed by atoms with Crippen LogP contribution in [0.25, 0.3) is 0 Å². The van der Waals surface area contributed by atoms with Crippen LogP contribution in [0, 0.1) is 0 Å². The summed E-state index contributed by atoms with van der Waals surface area (Å²) in [6.45, 7) is 5.74. The number of hydrogen-bond acceptors (Lipinski definition) is 5. The van der Waals surface area contributed by atoms with Gasteiger partial charge in [-0.25, -0.2) is 0 Å². The number of ether oxygens (including phenoxy) is 4. The SMILES string of the molecule is COc1cccc(O[C@@H](C)C(=O)N[C@@H]2CC(C)(C)Oc3cc(OC)ccc32)c1. The molecule has 1 amide bonds. The Kier molecular flexibility index (Phi) is 5.68. The zero-order chi connectivity index (χ0) is 20.3. The number of fused-ring (bicyclic) bond motifs is 1. The Hall–Kier alpha value is -2.89. The van der Waals surface area contributed by atoms with Crippen LogP contribution in [0.1, 0.15) is 38.8 Å². The van der Waals surface area contributed by atoms with E-state index in [-0.39, 0.29) is 11.9 Å². The molecule has 1 heterocycles. The molecule has 0 radical (unpaired) electrons. The van der Waals surface area contributed by atoms with Crippen molar-refractivity contribution in [3.05, 3.63) is 48.0 Å². The van der Waals surface area contributed by atoms with E-state index in [0.717, 1.165) is 17.1 Å². The van der Waals surface area contributed by atoms with Gasteiger partial charge in [-0.3, -0.25) is 4.79 Å². The first kappa shape index (κ1) is 19.9. The molecule has 2 atom stereocenters. The maximum Gasteiger partial charge on any atom is 0.261 e. The highest BCUT2D eigenvalue weighted by Gasteiger charge is 2.35. The number of carbonyl (C=O) groups is 1. The number of nitrogens with one attached hydrogen (secondary N) is 1. The lowest BCUT2D eigenvalue weighted by Gasteiger charge is -2.38. The summed E-state index contributed by atoms with van der Waals surface area (Å²) >= 11 is 0. The number of methoxy groups -OCH3 is 2. The van der Waals surface area contributed by atoms with Crippen LogP contribution in [-0.4, -0.2) is 31.8 Å². The van der Waals surface area contributed by atoms with Crippen LogP contribution in [0.15, 0.2) is 42.5 Å². The highest BCUT2D eigenvalue weighted by molar-refractivity contribution is 5.81. The van der Waals surface area contributed by atoms with Crippen LogP contribution in [0.2, 0.25) is 0 Å². The van der Waals surface area contributed by atoms with E-state index in [1.807, 2.05) is 44.2 Å². The Morgan fingerprint density at radius 1 is 1.11 bits per heavy atom. The Balaban J connectivity index is 1.74. The van der Waals surface area contributed by atoms with Gasteiger partial charge < -0.3 is 24.3 Å². The highest BCUT2D eigenvalue weighted by Crippen LogP contribution is 2.41. The summed E-state index contributed by atoms with van der Waals surface area (Å²) in [5, 5.41) is 3.10. The number of benzene rings is 2. The standard InChI is InChI=1S/C22H27NO5/c1-14(27-17-8-6-7-15(11-17)25-4)21(24)23-19-13-22(2,3)28-20-12-16(26-5)9-10-18(19)20/h6-12,14,19H,13H2,1-5H3,(H,23,24)/t14-,19+/m0/s1. The number of carbonyl (C=O) groups excluding carboxylic acids is 1. The van der Waals surface area contributed by atoms with Crippen LogP contribution >= 0.6 is 0 Å². The van der Waals surface area contributed by atoms with E-state index >= 15 is 0 Å². The normalized spacial score (nSPS) is 18.2. The van der Waals surface area contributed by atoms with Crippen molar-refractivity contribution in [1.29, 1.82) is 0 Å². The zero-order valence-electron chi connectivity index (χ0n) is 16.9. The molecule has 0 saturated carbocycles. The molecule has 150 valence electrons. The molecule has 28 heavy (non-hydrogen) atoms. The summed E-state index contributed by atoms with van der Waals surface area (Å²) < 4.78 is 22.4. The highest BCUT2D eigenvalue weighted by atomic mass is 16.5. The van der Waals surface area contributed by atoms with Crippen molar-refractivity contribution in [3.63, 3.8) is 0 Å². The van der Waals surface area contributed by atoms with Gasteiger partial charge in [-0.2, -0.15) is 0 Å². The summed E-state index contributed by atoms with van der Waals surface area (Å²) in [6.07, 6.45) is 0.00370. The molecule has 0 bridgehead atoms. The molecule has 0 unspecified atom stereocenters. The smallest absolute Gasteiger partial charge is 0.261 e. The average molecular weight is 385 g/mol. The first-order chi connectivity index (χ1) is 13.3. The second-order valence-corrected chi connectivity index (χ2v) is 7.47. The second-order valence-electron chi connectivity index (χ2n) is 7.47. The minimum Gasteiger partial charge on any atom is -0.497 e. The molecular formula is C22H27NO5. The number of amides is 1. The molecule has 0 fully saturated rings. The molecule has 6 heteroatoms. The first-order valence-electron chi connectivity index (χ1n) is 9.29. The lowest BCUT2D eigenvalue weighted by molar-refractivity contribution is -0.128. The Morgan fingerprint density at radius 3 is 2.50 bits per heavy atom. The van der Waals surface area contributed by atoms with Crippen molar-refractivity contribution < 1.29 is 23.7 Å². The van der Waals surface area contributed by atoms with Gasteiger partial charge in [0.2, 0.25) is 0 Å². The van der Waals surface area contributed by atoms with Crippen LogP contribution in [-0.2, 0) is 4.79 Å². The van der Waals surface area contributed by atoms with E-state index in [0.29, 0.717) is 17.9 Å². The van der Waals surface area contributed by atoms with E-state index < -0.39 is 11.7 Å². The second kappa shape index (κ2) is 8.00. The van der Waals surface area contributed by atoms with Gasteiger partial charge in [0.25, 0.3) is 5.91 Å². The van der Waals surface area contributed by atoms with Crippen LogP contribution in [0.3, 0.4) is 0 Å². The van der Waals surface area contributed by atoms with Crippen LogP contribution in [0.5, 0.6) is 23.0 Å². The Labute approximate surface area is 165 Å².